The van der Waals surface area contributed by atoms with Crippen molar-refractivity contribution in [2.75, 3.05) is 31.6 Å². The van der Waals surface area contributed by atoms with Gasteiger partial charge in [0.1, 0.15) is 24.6 Å². The third-order valence-electron chi connectivity index (χ3n) is 6.82. The Balaban J connectivity index is 1.63. The number of nitrogens with one attached hydrogen (secondary N) is 3. The molecule has 0 aromatic heterocycles. The van der Waals surface area contributed by atoms with Gasteiger partial charge in [-0.05, 0) is 63.8 Å². The van der Waals surface area contributed by atoms with Crippen molar-refractivity contribution >= 4 is 29.7 Å². The van der Waals surface area contributed by atoms with E-state index in [1.807, 2.05) is 19.1 Å². The van der Waals surface area contributed by atoms with Crippen molar-refractivity contribution in [3.63, 3.8) is 0 Å². The van der Waals surface area contributed by atoms with Crippen molar-refractivity contribution in [2.45, 2.75) is 59.1 Å². The minimum Gasteiger partial charge on any atom is -0.448 e. The third kappa shape index (κ3) is 9.47. The Hall–Kier alpha value is -4.15. The normalized spacial score (nSPS) is 14.5. The monoisotopic (exact) mass is 570 g/mol. The second-order valence-corrected chi connectivity index (χ2v) is 11.0. The number of carbonyl (C=O) groups is 4. The molecule has 0 aliphatic carbocycles. The molecule has 2 aromatic carbocycles. The van der Waals surface area contributed by atoms with Gasteiger partial charge in [-0.1, -0.05) is 37.3 Å². The van der Waals surface area contributed by atoms with E-state index in [2.05, 4.69) is 16.0 Å². The number of amides is 4. The fraction of sp³-hybridized carbons (Fsp3) is 0.467. The highest BCUT2D eigenvalue weighted by Crippen LogP contribution is 2.33. The summed E-state index contributed by atoms with van der Waals surface area (Å²) in [5, 5.41) is 7.89. The van der Waals surface area contributed by atoms with Crippen molar-refractivity contribution < 1.29 is 33.0 Å². The Kier molecular flexibility index (Phi) is 10.7. The van der Waals surface area contributed by atoms with Gasteiger partial charge in [-0.15, -0.1) is 0 Å². The predicted molar refractivity (Wildman–Crippen MR) is 152 cm³/mol. The minimum atomic E-state index is -1.13. The van der Waals surface area contributed by atoms with E-state index in [0.29, 0.717) is 11.3 Å². The Labute approximate surface area is 239 Å². The molecule has 0 saturated carbocycles. The molecule has 0 unspecified atom stereocenters. The van der Waals surface area contributed by atoms with Crippen LogP contribution >= 0.6 is 0 Å². The molecule has 11 heteroatoms. The second kappa shape index (κ2) is 14.0. The summed E-state index contributed by atoms with van der Waals surface area (Å²) in [6, 6.07) is 13.5. The van der Waals surface area contributed by atoms with Crippen LogP contribution in [0.1, 0.15) is 51.7 Å². The van der Waals surface area contributed by atoms with Crippen molar-refractivity contribution in [2.24, 2.45) is 5.41 Å². The molecule has 1 aliphatic rings. The van der Waals surface area contributed by atoms with E-state index in [1.165, 1.54) is 11.0 Å². The molecule has 0 bridgehead atoms. The van der Waals surface area contributed by atoms with Crippen molar-refractivity contribution in [1.29, 1.82) is 0 Å². The van der Waals surface area contributed by atoms with Gasteiger partial charge in [0.05, 0.1) is 5.41 Å². The number of ether oxygens (including phenoxy) is 2. The number of rotatable bonds is 9. The van der Waals surface area contributed by atoms with E-state index in [0.717, 1.165) is 12.0 Å². The number of halogens is 1. The van der Waals surface area contributed by atoms with Crippen LogP contribution in [0, 0.1) is 11.2 Å². The number of carbonyl (C=O) groups excluding carboxylic acids is 4. The smallest absolute Gasteiger partial charge is 0.411 e. The molecular weight excluding hydrogens is 531 g/mol. The first-order valence-corrected chi connectivity index (χ1v) is 13.7. The van der Waals surface area contributed by atoms with E-state index in [9.17, 15) is 23.6 Å². The van der Waals surface area contributed by atoms with Gasteiger partial charge in [0.15, 0.2) is 0 Å². The molecule has 1 fully saturated rings. The lowest BCUT2D eigenvalue weighted by molar-refractivity contribution is -0.142. The average Bonchev–Trinajstić information content (AvgIpc) is 2.94. The lowest BCUT2D eigenvalue weighted by Crippen LogP contribution is -2.54. The van der Waals surface area contributed by atoms with Crippen LogP contribution in [0.4, 0.5) is 19.7 Å². The summed E-state index contributed by atoms with van der Waals surface area (Å²) in [4.78, 5) is 52.2. The van der Waals surface area contributed by atoms with E-state index >= 15 is 0 Å². The third-order valence-corrected chi connectivity index (χ3v) is 6.82. The number of nitrogens with zero attached hydrogens (tertiary/aromatic N) is 1. The first-order chi connectivity index (χ1) is 19.4. The fourth-order valence-electron chi connectivity index (χ4n) is 4.38. The molecule has 222 valence electrons. The summed E-state index contributed by atoms with van der Waals surface area (Å²) < 4.78 is 24.8. The molecular formula is C30H39FN4O6. The topological polar surface area (TPSA) is 126 Å². The molecule has 1 heterocycles. The molecule has 1 aliphatic heterocycles. The molecule has 3 N–H and O–H groups in total. The highest BCUT2D eigenvalue weighted by molar-refractivity contribution is 5.87. The van der Waals surface area contributed by atoms with Gasteiger partial charge in [0, 0.05) is 30.9 Å². The largest absolute Gasteiger partial charge is 0.448 e. The van der Waals surface area contributed by atoms with Gasteiger partial charge in [-0.2, -0.15) is 0 Å². The first-order valence-electron chi connectivity index (χ1n) is 13.7. The zero-order chi connectivity index (χ0) is 30.0. The Morgan fingerprint density at radius 1 is 0.951 bits per heavy atom. The van der Waals surface area contributed by atoms with Crippen LogP contribution in [0.25, 0.3) is 0 Å². The van der Waals surface area contributed by atoms with Gasteiger partial charge in [0.2, 0.25) is 11.8 Å². The predicted octanol–water partition coefficient (Wildman–Crippen LogP) is 4.39. The van der Waals surface area contributed by atoms with Crippen molar-refractivity contribution in [3.8, 4) is 0 Å². The highest BCUT2D eigenvalue weighted by atomic mass is 19.1. The quantitative estimate of drug-likeness (QED) is 0.411. The number of anilines is 1. The molecule has 0 atom stereocenters. The second-order valence-electron chi connectivity index (χ2n) is 11.0. The van der Waals surface area contributed by atoms with Gasteiger partial charge < -0.3 is 25.0 Å². The first kappa shape index (κ1) is 31.4. The van der Waals surface area contributed by atoms with Crippen LogP contribution in [0.15, 0.2) is 48.5 Å². The van der Waals surface area contributed by atoms with Crippen LogP contribution < -0.4 is 16.0 Å². The van der Waals surface area contributed by atoms with Crippen LogP contribution in [-0.2, 0) is 32.0 Å². The van der Waals surface area contributed by atoms with Gasteiger partial charge in [0.25, 0.3) is 0 Å². The molecule has 41 heavy (non-hydrogen) atoms. The zero-order valence-corrected chi connectivity index (χ0v) is 24.1. The molecule has 1 saturated heterocycles. The Bertz CT molecular complexity index is 1220. The maximum absolute atomic E-state index is 14.1. The fourth-order valence-corrected chi connectivity index (χ4v) is 4.38. The van der Waals surface area contributed by atoms with E-state index in [1.54, 1.807) is 51.1 Å². The summed E-state index contributed by atoms with van der Waals surface area (Å²) in [5.41, 5.74) is 0.176. The molecule has 0 radical (unpaired) electrons. The number of piperidine rings is 1. The zero-order valence-electron chi connectivity index (χ0n) is 24.1. The van der Waals surface area contributed by atoms with Gasteiger partial charge in [-0.3, -0.25) is 14.9 Å². The SMILES string of the molecule is CCc1ccc(NC(=O)OCC2(C(=O)NCc3ccccc3F)CCN(C(=O)CNC(=O)OC(C)(C)C)CC2)cc1. The maximum Gasteiger partial charge on any atom is 0.411 e. The molecule has 3 rings (SSSR count). The lowest BCUT2D eigenvalue weighted by atomic mass is 9.78. The van der Waals surface area contributed by atoms with Gasteiger partial charge >= 0.3 is 12.2 Å². The molecule has 10 nitrogen and oxygen atoms in total. The summed E-state index contributed by atoms with van der Waals surface area (Å²) in [5.74, 6) is -1.17. The van der Waals surface area contributed by atoms with Gasteiger partial charge in [-0.25, -0.2) is 14.0 Å². The van der Waals surface area contributed by atoms with E-state index < -0.39 is 34.9 Å². The summed E-state index contributed by atoms with van der Waals surface area (Å²) >= 11 is 0. The Morgan fingerprint density at radius 2 is 1.61 bits per heavy atom. The summed E-state index contributed by atoms with van der Waals surface area (Å²) in [7, 11) is 0. The van der Waals surface area contributed by atoms with Crippen molar-refractivity contribution in [3.05, 3.63) is 65.5 Å². The summed E-state index contributed by atoms with van der Waals surface area (Å²) in [6.07, 6.45) is -0.144. The average molecular weight is 571 g/mol. The van der Waals surface area contributed by atoms with E-state index in [4.69, 9.17) is 9.47 Å². The Morgan fingerprint density at radius 3 is 2.22 bits per heavy atom. The highest BCUT2D eigenvalue weighted by Gasteiger charge is 2.43. The van der Waals surface area contributed by atoms with Crippen molar-refractivity contribution in [1.82, 2.24) is 15.5 Å². The molecule has 2 aromatic rings. The van der Waals surface area contributed by atoms with Crippen LogP contribution in [0.5, 0.6) is 0 Å². The van der Waals surface area contributed by atoms with Crippen LogP contribution in [0.3, 0.4) is 0 Å². The number of hydrogen-bond donors (Lipinski definition) is 3. The van der Waals surface area contributed by atoms with Crippen LogP contribution in [0.2, 0.25) is 0 Å². The minimum absolute atomic E-state index is 0.0360. The maximum atomic E-state index is 14.1. The van der Waals surface area contributed by atoms with E-state index in [-0.39, 0.29) is 51.5 Å². The lowest BCUT2D eigenvalue weighted by Gasteiger charge is -2.40. The number of benzene rings is 2. The number of aryl methyl sites for hydroxylation is 1. The standard InChI is InChI=1S/C30H39FN4O6/c1-5-21-10-12-23(13-11-21)34-28(39)40-20-30(26(37)32-18-22-8-6-7-9-24(22)31)14-16-35(17-15-30)25(36)19-33-27(38)41-29(2,3)4/h6-13H,5,14-20H2,1-4H3,(H,32,37)(H,33,38)(H,34,39). The summed E-state index contributed by atoms with van der Waals surface area (Å²) in [6.45, 7) is 7.08. The number of likely N-dealkylation sites (tertiary alicyclic amines) is 1. The number of alkyl carbamates (subject to hydrolysis) is 1. The molecule has 0 spiro atoms. The molecule has 4 amide bonds. The van der Waals surface area contributed by atoms with Crippen LogP contribution in [-0.4, -0.2) is 60.7 Å². The number of hydrogen-bond acceptors (Lipinski definition) is 6.